The van der Waals surface area contributed by atoms with Gasteiger partial charge in [-0.15, -0.1) is 13.2 Å². The molecule has 5 rings (SSSR count). The van der Waals surface area contributed by atoms with E-state index in [1.165, 1.54) is 39.5 Å². The summed E-state index contributed by atoms with van der Waals surface area (Å²) in [6.45, 7) is -0.215. The lowest BCUT2D eigenvalue weighted by atomic mass is 9.78. The quantitative estimate of drug-likeness (QED) is 0.317. The van der Waals surface area contributed by atoms with Crippen LogP contribution in [0.1, 0.15) is 17.5 Å². The van der Waals surface area contributed by atoms with Crippen molar-refractivity contribution in [3.8, 4) is 17.2 Å². The van der Waals surface area contributed by atoms with Crippen LogP contribution in [0, 0.1) is 0 Å². The fourth-order valence-electron chi connectivity index (χ4n) is 7.04. The van der Waals surface area contributed by atoms with E-state index in [9.17, 15) is 31.5 Å². The Kier molecular flexibility index (Phi) is 9.25. The van der Waals surface area contributed by atoms with E-state index in [2.05, 4.69) is 10.1 Å². The van der Waals surface area contributed by atoms with Crippen molar-refractivity contribution in [2.75, 3.05) is 58.2 Å². The maximum absolute atomic E-state index is 15.5. The third-order valence-corrected chi connectivity index (χ3v) is 11.1. The molecule has 12 nitrogen and oxygen atoms in total. The molecule has 1 fully saturated rings. The lowest BCUT2D eigenvalue weighted by molar-refractivity contribution is -0.953. The van der Waals surface area contributed by atoms with Gasteiger partial charge in [0.25, 0.3) is 15.9 Å². The van der Waals surface area contributed by atoms with E-state index in [4.69, 9.17) is 21.1 Å². The zero-order chi connectivity index (χ0) is 36.3. The number of aliphatic hydroxyl groups excluding tert-OH is 1. The molecule has 2 unspecified atom stereocenters. The lowest BCUT2D eigenvalue weighted by Crippen LogP contribution is -2.69. The average molecular weight is 728 g/mol. The lowest BCUT2D eigenvalue weighted by Gasteiger charge is -2.48. The van der Waals surface area contributed by atoms with Crippen LogP contribution in [-0.2, 0) is 25.2 Å². The minimum Gasteiger partial charge on any atom is -0.497 e. The van der Waals surface area contributed by atoms with Crippen LogP contribution in [0.25, 0.3) is 0 Å². The standard InChI is InChI=1S/C32H34ClF3N4O8S/c1-37-29(42)25-15-20(41)17-40(25,4)31(22-10-8-19(38(2)3)14-26(22)47-6)23-13-18(33)7-11-24(23)39(30(31)43)49(44,45)28-12-9-21(46-5)16-27(28)48-32(34,35)36/h7-14,16,20,25,41H,15,17H2,1-6H3/p+1/t20-,25+,31?,40?/m1/s1. The number of carbonyl (C=O) groups is 2. The zero-order valence-electron chi connectivity index (χ0n) is 27.3. The predicted molar refractivity (Wildman–Crippen MR) is 173 cm³/mol. The van der Waals surface area contributed by atoms with E-state index in [0.29, 0.717) is 9.99 Å². The fraction of sp³-hybridized carbons (Fsp3) is 0.375. The van der Waals surface area contributed by atoms with Crippen molar-refractivity contribution in [1.29, 1.82) is 0 Å². The van der Waals surface area contributed by atoms with Gasteiger partial charge in [0, 0.05) is 50.4 Å². The van der Waals surface area contributed by atoms with Crippen LogP contribution in [0.5, 0.6) is 17.2 Å². The number of halogens is 4. The first-order valence-electron chi connectivity index (χ1n) is 14.8. The molecule has 0 aliphatic carbocycles. The maximum atomic E-state index is 15.5. The number of hydrogen-bond donors (Lipinski definition) is 2. The molecule has 2 heterocycles. The SMILES string of the molecule is CNC(=O)[C@@H]1C[C@@H](O)C[N+]1(C)C1(c2ccc(N(C)C)cc2OC)C(=O)N(S(=O)(=O)c2ccc(OC)cc2OC(F)(F)F)c2ccc(Cl)cc21. The Morgan fingerprint density at radius 3 is 2.35 bits per heavy atom. The van der Waals surface area contributed by atoms with Gasteiger partial charge in [0.1, 0.15) is 29.0 Å². The Labute approximate surface area is 286 Å². The topological polar surface area (TPSA) is 135 Å². The number of methoxy groups -OCH3 is 2. The smallest absolute Gasteiger partial charge is 0.497 e. The van der Waals surface area contributed by atoms with Gasteiger partial charge in [-0.2, -0.15) is 4.31 Å². The molecule has 2 aliphatic heterocycles. The summed E-state index contributed by atoms with van der Waals surface area (Å²) < 4.78 is 85.0. The molecule has 3 aromatic rings. The second-order valence-electron chi connectivity index (χ2n) is 12.1. The number of benzene rings is 3. The van der Waals surface area contributed by atoms with E-state index in [0.717, 1.165) is 18.2 Å². The summed E-state index contributed by atoms with van der Waals surface area (Å²) >= 11 is 6.53. The molecule has 0 saturated carbocycles. The van der Waals surface area contributed by atoms with Crippen molar-refractivity contribution in [3.63, 3.8) is 0 Å². The molecule has 2 N–H and O–H groups in total. The first-order chi connectivity index (χ1) is 22.9. The van der Waals surface area contributed by atoms with Gasteiger partial charge in [-0.25, -0.2) is 8.42 Å². The van der Waals surface area contributed by atoms with Gasteiger partial charge in [0.15, 0.2) is 11.8 Å². The van der Waals surface area contributed by atoms with Crippen LogP contribution in [-0.4, -0.2) is 97.3 Å². The van der Waals surface area contributed by atoms with Crippen molar-refractivity contribution in [2.45, 2.75) is 35.4 Å². The zero-order valence-corrected chi connectivity index (χ0v) is 28.9. The minimum atomic E-state index is -5.31. The van der Waals surface area contributed by atoms with Gasteiger partial charge < -0.3 is 29.5 Å². The third kappa shape index (κ3) is 5.69. The molecule has 49 heavy (non-hydrogen) atoms. The van der Waals surface area contributed by atoms with E-state index in [-0.39, 0.29) is 46.3 Å². The highest BCUT2D eigenvalue weighted by molar-refractivity contribution is 7.93. The predicted octanol–water partition coefficient (Wildman–Crippen LogP) is 3.63. The van der Waals surface area contributed by atoms with Crippen molar-refractivity contribution >= 4 is 44.8 Å². The van der Waals surface area contributed by atoms with Crippen LogP contribution in [0.4, 0.5) is 24.5 Å². The van der Waals surface area contributed by atoms with E-state index < -0.39 is 61.0 Å². The molecule has 0 spiro atoms. The molecular formula is C32H35ClF3N4O8S+. The van der Waals surface area contributed by atoms with Gasteiger partial charge in [-0.3, -0.25) is 14.1 Å². The number of quaternary nitrogens is 1. The summed E-state index contributed by atoms with van der Waals surface area (Å²) in [5, 5.41) is 13.8. The molecular weight excluding hydrogens is 693 g/mol. The summed E-state index contributed by atoms with van der Waals surface area (Å²) in [5.74, 6) is -2.85. The molecule has 1 saturated heterocycles. The largest absolute Gasteiger partial charge is 0.573 e. The number of nitrogens with one attached hydrogen (secondary N) is 1. The minimum absolute atomic E-state index is 0.0155. The third-order valence-electron chi connectivity index (χ3n) is 9.14. The number of ether oxygens (including phenoxy) is 3. The van der Waals surface area contributed by atoms with Gasteiger partial charge in [-0.05, 0) is 42.5 Å². The van der Waals surface area contributed by atoms with E-state index in [1.54, 1.807) is 44.2 Å². The molecule has 0 radical (unpaired) electrons. The normalized spacial score (nSPS) is 23.7. The number of likely N-dealkylation sites (tertiary alicyclic amines) is 1. The highest BCUT2D eigenvalue weighted by Gasteiger charge is 2.72. The molecule has 17 heteroatoms. The first-order valence-corrected chi connectivity index (χ1v) is 16.6. The van der Waals surface area contributed by atoms with Crippen LogP contribution < -0.4 is 28.7 Å². The summed E-state index contributed by atoms with van der Waals surface area (Å²) in [6, 6.07) is 10.4. The number of likely N-dealkylation sites (N-methyl/N-ethyl adjacent to an activating group) is 2. The van der Waals surface area contributed by atoms with Gasteiger partial charge in [-0.1, -0.05) is 11.6 Å². The Morgan fingerprint density at radius 1 is 1.06 bits per heavy atom. The molecule has 2 aliphatic rings. The van der Waals surface area contributed by atoms with Crippen LogP contribution >= 0.6 is 11.6 Å². The summed E-state index contributed by atoms with van der Waals surface area (Å²) in [4.78, 5) is 29.8. The van der Waals surface area contributed by atoms with Crippen LogP contribution in [0.15, 0.2) is 59.5 Å². The van der Waals surface area contributed by atoms with Crippen LogP contribution in [0.3, 0.4) is 0 Å². The number of amides is 2. The van der Waals surface area contributed by atoms with Crippen molar-refractivity contribution in [3.05, 3.63) is 70.7 Å². The second-order valence-corrected chi connectivity index (χ2v) is 14.2. The Morgan fingerprint density at radius 2 is 1.76 bits per heavy atom. The maximum Gasteiger partial charge on any atom is 0.573 e. The Hall–Kier alpha value is -4.25. The fourth-order valence-corrected chi connectivity index (χ4v) is 8.77. The van der Waals surface area contributed by atoms with E-state index in [1.807, 2.05) is 0 Å². The first kappa shape index (κ1) is 36.0. The number of hydrogen-bond acceptors (Lipinski definition) is 9. The number of nitrogens with zero attached hydrogens (tertiary/aromatic N) is 3. The molecule has 0 bridgehead atoms. The van der Waals surface area contributed by atoms with Gasteiger partial charge >= 0.3 is 12.3 Å². The molecule has 4 atom stereocenters. The van der Waals surface area contributed by atoms with Crippen molar-refractivity contribution in [2.24, 2.45) is 0 Å². The summed E-state index contributed by atoms with van der Waals surface area (Å²) in [7, 11) is 3.77. The second kappa shape index (κ2) is 12.6. The van der Waals surface area contributed by atoms with Gasteiger partial charge in [0.2, 0.25) is 5.54 Å². The van der Waals surface area contributed by atoms with Crippen molar-refractivity contribution < 1.29 is 55.0 Å². The summed E-state index contributed by atoms with van der Waals surface area (Å²) in [5.41, 5.74) is -1.62. The number of sulfonamides is 1. The number of carbonyl (C=O) groups excluding carboxylic acids is 2. The summed E-state index contributed by atoms with van der Waals surface area (Å²) in [6.07, 6.45) is -6.53. The number of fused-ring (bicyclic) bond motifs is 1. The van der Waals surface area contributed by atoms with Crippen LogP contribution in [0.2, 0.25) is 5.02 Å². The van der Waals surface area contributed by atoms with E-state index >= 15 is 4.79 Å². The highest BCUT2D eigenvalue weighted by atomic mass is 35.5. The average Bonchev–Trinajstić information content (AvgIpc) is 3.49. The molecule has 264 valence electrons. The van der Waals surface area contributed by atoms with Crippen molar-refractivity contribution in [1.82, 2.24) is 5.32 Å². The molecule has 0 aromatic heterocycles. The number of anilines is 2. The van der Waals surface area contributed by atoms with Gasteiger partial charge in [0.05, 0.1) is 38.1 Å². The Bertz CT molecular complexity index is 1930. The number of alkyl halides is 3. The molecule has 3 aromatic carbocycles. The molecule has 2 amide bonds. The monoisotopic (exact) mass is 727 g/mol. The highest BCUT2D eigenvalue weighted by Crippen LogP contribution is 2.58. The number of rotatable bonds is 9. The number of aliphatic hydroxyl groups is 1. The Balaban J connectivity index is 1.91.